The maximum atomic E-state index is 12.2. The Hall–Kier alpha value is -2.13. The topological polar surface area (TPSA) is 46.3 Å². The maximum Gasteiger partial charge on any atom is 0.223 e. The molecule has 3 nitrogen and oxygen atoms in total. The molecule has 0 radical (unpaired) electrons. The summed E-state index contributed by atoms with van der Waals surface area (Å²) in [6.45, 7) is 0.572. The number of hydrogen-bond acceptors (Lipinski definition) is 2. The second-order valence-corrected chi connectivity index (χ2v) is 5.53. The highest BCUT2D eigenvalue weighted by atomic mass is 16.2. The molecule has 2 N–H and O–H groups in total. The minimum absolute atomic E-state index is 0.139. The van der Waals surface area contributed by atoms with Crippen molar-refractivity contribution in [3.8, 4) is 0 Å². The van der Waals surface area contributed by atoms with Crippen molar-refractivity contribution in [3.63, 3.8) is 0 Å². The summed E-state index contributed by atoms with van der Waals surface area (Å²) >= 11 is 0. The molecule has 1 amide bonds. The fourth-order valence-corrected chi connectivity index (χ4v) is 3.00. The van der Waals surface area contributed by atoms with Crippen LogP contribution in [-0.2, 0) is 4.79 Å². The van der Waals surface area contributed by atoms with E-state index in [0.717, 1.165) is 12.0 Å². The van der Waals surface area contributed by atoms with Gasteiger partial charge in [0.05, 0.1) is 6.04 Å². The van der Waals surface area contributed by atoms with Gasteiger partial charge < -0.3 is 10.6 Å². The molecule has 0 bridgehead atoms. The first-order chi connectivity index (χ1) is 10.3. The fraction of sp³-hybridized carbons (Fsp3) is 0.278. The Bertz CT molecular complexity index is 597. The lowest BCUT2D eigenvalue weighted by Crippen LogP contribution is -2.34. The monoisotopic (exact) mass is 280 g/mol. The molecule has 2 aromatic carbocycles. The van der Waals surface area contributed by atoms with Crippen LogP contribution in [0, 0.1) is 0 Å². The summed E-state index contributed by atoms with van der Waals surface area (Å²) in [6, 6.07) is 20.2. The van der Waals surface area contributed by atoms with Gasteiger partial charge in [-0.15, -0.1) is 0 Å². The molecule has 1 aliphatic rings. The van der Waals surface area contributed by atoms with Crippen molar-refractivity contribution in [2.24, 2.45) is 5.73 Å². The SMILES string of the molecule is N[C@@H](CN1C(=O)CC[C@H]1c1ccccc1)c1ccccc1. The van der Waals surface area contributed by atoms with Crippen molar-refractivity contribution in [1.29, 1.82) is 0 Å². The van der Waals surface area contributed by atoms with Gasteiger partial charge in [0.2, 0.25) is 5.91 Å². The van der Waals surface area contributed by atoms with Crippen LogP contribution >= 0.6 is 0 Å². The van der Waals surface area contributed by atoms with Crippen molar-refractivity contribution in [3.05, 3.63) is 71.8 Å². The van der Waals surface area contributed by atoms with Crippen LogP contribution in [-0.4, -0.2) is 17.4 Å². The minimum Gasteiger partial charge on any atom is -0.334 e. The molecule has 2 atom stereocenters. The fourth-order valence-electron chi connectivity index (χ4n) is 3.00. The predicted octanol–water partition coefficient (Wildman–Crippen LogP) is 3.05. The lowest BCUT2D eigenvalue weighted by atomic mass is 10.0. The van der Waals surface area contributed by atoms with Crippen LogP contribution in [0.1, 0.15) is 36.1 Å². The Morgan fingerprint density at radius 3 is 2.33 bits per heavy atom. The van der Waals surface area contributed by atoms with Gasteiger partial charge in [-0.3, -0.25) is 4.79 Å². The molecular formula is C18H20N2O. The molecule has 0 spiro atoms. The van der Waals surface area contributed by atoms with Crippen molar-refractivity contribution in [1.82, 2.24) is 4.90 Å². The van der Waals surface area contributed by atoms with Crippen LogP contribution < -0.4 is 5.73 Å². The molecule has 0 aromatic heterocycles. The number of amides is 1. The zero-order valence-corrected chi connectivity index (χ0v) is 12.0. The minimum atomic E-state index is -0.139. The lowest BCUT2D eigenvalue weighted by Gasteiger charge is -2.28. The zero-order valence-electron chi connectivity index (χ0n) is 12.0. The number of hydrogen-bond donors (Lipinski definition) is 1. The number of carbonyl (C=O) groups excluding carboxylic acids is 1. The molecular weight excluding hydrogens is 260 g/mol. The van der Waals surface area contributed by atoms with E-state index in [2.05, 4.69) is 12.1 Å². The largest absolute Gasteiger partial charge is 0.334 e. The van der Waals surface area contributed by atoms with Gasteiger partial charge in [0.1, 0.15) is 0 Å². The highest BCUT2D eigenvalue weighted by molar-refractivity contribution is 5.79. The molecule has 0 saturated carbocycles. The van der Waals surface area contributed by atoms with Crippen molar-refractivity contribution >= 4 is 5.91 Å². The van der Waals surface area contributed by atoms with E-state index < -0.39 is 0 Å². The van der Waals surface area contributed by atoms with Gasteiger partial charge in [0.15, 0.2) is 0 Å². The third-order valence-electron chi connectivity index (χ3n) is 4.13. The number of nitrogens with zero attached hydrogens (tertiary/aromatic N) is 1. The number of nitrogens with two attached hydrogens (primary N) is 1. The van der Waals surface area contributed by atoms with Gasteiger partial charge in [-0.1, -0.05) is 60.7 Å². The summed E-state index contributed by atoms with van der Waals surface area (Å²) in [5.41, 5.74) is 8.55. The highest BCUT2D eigenvalue weighted by Gasteiger charge is 2.32. The Morgan fingerprint density at radius 1 is 1.05 bits per heavy atom. The van der Waals surface area contributed by atoms with Crippen LogP contribution in [0.2, 0.25) is 0 Å². The first-order valence-corrected chi connectivity index (χ1v) is 7.40. The Morgan fingerprint density at radius 2 is 1.67 bits per heavy atom. The molecule has 1 heterocycles. The summed E-state index contributed by atoms with van der Waals surface area (Å²) in [5, 5.41) is 0. The third-order valence-corrected chi connectivity index (χ3v) is 4.13. The summed E-state index contributed by atoms with van der Waals surface area (Å²) in [4.78, 5) is 14.1. The van der Waals surface area contributed by atoms with Gasteiger partial charge in [-0.25, -0.2) is 0 Å². The maximum absolute atomic E-state index is 12.2. The molecule has 3 rings (SSSR count). The molecule has 1 aliphatic heterocycles. The van der Waals surface area contributed by atoms with E-state index in [4.69, 9.17) is 5.73 Å². The van der Waals surface area contributed by atoms with Gasteiger partial charge in [-0.2, -0.15) is 0 Å². The molecule has 1 fully saturated rings. The molecule has 21 heavy (non-hydrogen) atoms. The van der Waals surface area contributed by atoms with Crippen LogP contribution in [0.15, 0.2) is 60.7 Å². The smallest absolute Gasteiger partial charge is 0.223 e. The van der Waals surface area contributed by atoms with Crippen LogP contribution in [0.4, 0.5) is 0 Å². The molecule has 2 aromatic rings. The molecule has 1 saturated heterocycles. The summed E-state index contributed by atoms with van der Waals surface area (Å²) < 4.78 is 0. The third kappa shape index (κ3) is 2.98. The molecule has 108 valence electrons. The Labute approximate surface area is 125 Å². The van der Waals surface area contributed by atoms with E-state index in [9.17, 15) is 4.79 Å². The zero-order chi connectivity index (χ0) is 14.7. The van der Waals surface area contributed by atoms with Crippen LogP contribution in [0.25, 0.3) is 0 Å². The molecule has 0 unspecified atom stereocenters. The van der Waals surface area contributed by atoms with E-state index in [0.29, 0.717) is 13.0 Å². The average molecular weight is 280 g/mol. The number of rotatable bonds is 4. The van der Waals surface area contributed by atoms with Crippen LogP contribution in [0.3, 0.4) is 0 Å². The Balaban J connectivity index is 1.77. The number of carbonyl (C=O) groups is 1. The van der Waals surface area contributed by atoms with E-state index in [1.807, 2.05) is 53.4 Å². The predicted molar refractivity (Wildman–Crippen MR) is 83.5 cm³/mol. The first-order valence-electron chi connectivity index (χ1n) is 7.40. The van der Waals surface area contributed by atoms with Crippen molar-refractivity contribution in [2.75, 3.05) is 6.54 Å². The van der Waals surface area contributed by atoms with Gasteiger partial charge in [-0.05, 0) is 17.5 Å². The van der Waals surface area contributed by atoms with Gasteiger partial charge in [0.25, 0.3) is 0 Å². The van der Waals surface area contributed by atoms with E-state index in [1.165, 1.54) is 5.56 Å². The van der Waals surface area contributed by atoms with Crippen molar-refractivity contribution in [2.45, 2.75) is 24.9 Å². The standard InChI is InChI=1S/C18H20N2O/c19-16(14-7-3-1-4-8-14)13-20-17(11-12-18(20)21)15-9-5-2-6-10-15/h1-10,16-17H,11-13,19H2/t16-,17-/m0/s1. The number of benzene rings is 2. The van der Waals surface area contributed by atoms with E-state index >= 15 is 0 Å². The molecule has 3 heteroatoms. The molecule has 0 aliphatic carbocycles. The summed E-state index contributed by atoms with van der Waals surface area (Å²) in [5.74, 6) is 0.204. The highest BCUT2D eigenvalue weighted by Crippen LogP contribution is 2.33. The van der Waals surface area contributed by atoms with Gasteiger partial charge >= 0.3 is 0 Å². The van der Waals surface area contributed by atoms with Crippen LogP contribution in [0.5, 0.6) is 0 Å². The average Bonchev–Trinajstić information content (AvgIpc) is 2.90. The first kappa shape index (κ1) is 13.8. The normalized spacial score (nSPS) is 19.8. The second kappa shape index (κ2) is 6.10. The quantitative estimate of drug-likeness (QED) is 0.935. The van der Waals surface area contributed by atoms with E-state index in [1.54, 1.807) is 0 Å². The van der Waals surface area contributed by atoms with Gasteiger partial charge in [0, 0.05) is 19.0 Å². The Kier molecular flexibility index (Phi) is 4.02. The lowest BCUT2D eigenvalue weighted by molar-refractivity contribution is -0.129. The summed E-state index contributed by atoms with van der Waals surface area (Å²) in [6.07, 6.45) is 1.49. The number of likely N-dealkylation sites (tertiary alicyclic amines) is 1. The van der Waals surface area contributed by atoms with E-state index in [-0.39, 0.29) is 18.0 Å². The second-order valence-electron chi connectivity index (χ2n) is 5.53. The summed E-state index contributed by atoms with van der Waals surface area (Å²) in [7, 11) is 0. The van der Waals surface area contributed by atoms with Crippen molar-refractivity contribution < 1.29 is 4.79 Å².